The van der Waals surface area contributed by atoms with Crippen LogP contribution in [-0.2, 0) is 9.53 Å². The van der Waals surface area contributed by atoms with E-state index in [0.717, 1.165) is 0 Å². The molecule has 0 aliphatic carbocycles. The molecule has 0 atom stereocenters. The van der Waals surface area contributed by atoms with E-state index in [1.165, 1.54) is 12.1 Å². The number of hydrogen-bond donors (Lipinski definition) is 1. The Balaban J connectivity index is 2.22. The van der Waals surface area contributed by atoms with E-state index in [2.05, 4.69) is 15.3 Å². The van der Waals surface area contributed by atoms with E-state index in [1.807, 2.05) is 0 Å². The summed E-state index contributed by atoms with van der Waals surface area (Å²) in [4.78, 5) is 19.3. The number of aromatic nitrogens is 2. The Bertz CT molecular complexity index is 698. The summed E-state index contributed by atoms with van der Waals surface area (Å²) in [5, 5.41) is 2.77. The number of benzene rings is 1. The predicted octanol–water partition coefficient (Wildman–Crippen LogP) is 3.56. The smallest absolute Gasteiger partial charge is 0.325 e. The van der Waals surface area contributed by atoms with Crippen molar-refractivity contribution in [2.24, 2.45) is 0 Å². The van der Waals surface area contributed by atoms with Gasteiger partial charge in [-0.2, -0.15) is 0 Å². The fourth-order valence-electron chi connectivity index (χ4n) is 1.69. The molecule has 8 heteroatoms. The number of carbonyl (C=O) groups excluding carboxylic acids is 1. The number of ether oxygens (including phenoxy) is 1. The number of carbonyl (C=O) groups is 1. The Kier molecular flexibility index (Phi) is 5.51. The quantitative estimate of drug-likeness (QED) is 0.664. The molecule has 0 bridgehead atoms. The predicted molar refractivity (Wildman–Crippen MR) is 82.6 cm³/mol. The highest BCUT2D eigenvalue weighted by Crippen LogP contribution is 2.25. The normalized spacial score (nSPS) is 10.4. The third-order valence-electron chi connectivity index (χ3n) is 2.63. The molecule has 116 valence electrons. The van der Waals surface area contributed by atoms with E-state index < -0.39 is 11.8 Å². The maximum atomic E-state index is 13.5. The minimum absolute atomic E-state index is 0.0181. The molecule has 0 aliphatic rings. The lowest BCUT2D eigenvalue weighted by molar-refractivity contribution is -0.140. The van der Waals surface area contributed by atoms with Gasteiger partial charge in [0.25, 0.3) is 0 Å². The molecule has 0 fully saturated rings. The van der Waals surface area contributed by atoms with Crippen LogP contribution in [0.3, 0.4) is 0 Å². The number of nitrogens with one attached hydrogen (secondary N) is 1. The van der Waals surface area contributed by atoms with Crippen LogP contribution < -0.4 is 5.32 Å². The zero-order valence-electron chi connectivity index (χ0n) is 11.6. The highest BCUT2D eigenvalue weighted by atomic mass is 35.5. The largest absolute Gasteiger partial charge is 0.465 e. The lowest BCUT2D eigenvalue weighted by atomic mass is 10.1. The highest BCUT2D eigenvalue weighted by Gasteiger charge is 2.09. The fourth-order valence-corrected chi connectivity index (χ4v) is 1.99. The minimum atomic E-state index is -0.560. The van der Waals surface area contributed by atoms with Gasteiger partial charge in [0.2, 0.25) is 5.28 Å². The van der Waals surface area contributed by atoms with Gasteiger partial charge >= 0.3 is 5.97 Å². The summed E-state index contributed by atoms with van der Waals surface area (Å²) in [7, 11) is 0. The van der Waals surface area contributed by atoms with Crippen LogP contribution in [0.5, 0.6) is 0 Å². The monoisotopic (exact) mass is 343 g/mol. The molecule has 5 nitrogen and oxygen atoms in total. The molecule has 2 aromatic rings. The van der Waals surface area contributed by atoms with Gasteiger partial charge < -0.3 is 10.1 Å². The number of hydrogen-bond acceptors (Lipinski definition) is 5. The van der Waals surface area contributed by atoms with E-state index >= 15 is 0 Å². The molecule has 1 aromatic heterocycles. The van der Waals surface area contributed by atoms with Gasteiger partial charge in [0.05, 0.1) is 17.3 Å². The van der Waals surface area contributed by atoms with Crippen LogP contribution in [0.2, 0.25) is 10.3 Å². The third kappa shape index (κ3) is 4.29. The molecule has 22 heavy (non-hydrogen) atoms. The summed E-state index contributed by atoms with van der Waals surface area (Å²) in [5.41, 5.74) is 0.896. The lowest BCUT2D eigenvalue weighted by Gasteiger charge is -2.08. The first-order valence-electron chi connectivity index (χ1n) is 6.39. The Morgan fingerprint density at radius 1 is 1.32 bits per heavy atom. The summed E-state index contributed by atoms with van der Waals surface area (Å²) in [5.74, 6) is -0.648. The van der Waals surface area contributed by atoms with Crippen molar-refractivity contribution < 1.29 is 13.9 Å². The van der Waals surface area contributed by atoms with E-state index in [-0.39, 0.29) is 16.9 Å². The average molecular weight is 344 g/mol. The van der Waals surface area contributed by atoms with E-state index in [0.29, 0.717) is 23.7 Å². The second kappa shape index (κ2) is 7.38. The Labute approximate surface area is 136 Å². The van der Waals surface area contributed by atoms with E-state index in [4.69, 9.17) is 27.9 Å². The van der Waals surface area contributed by atoms with Gasteiger partial charge in [-0.3, -0.25) is 4.79 Å². The third-order valence-corrected chi connectivity index (χ3v) is 3.11. The Hall–Kier alpha value is -1.92. The molecule has 0 amide bonds. The zero-order chi connectivity index (χ0) is 16.1. The number of esters is 1. The maximum Gasteiger partial charge on any atom is 0.325 e. The van der Waals surface area contributed by atoms with Crippen molar-refractivity contribution >= 4 is 35.0 Å². The van der Waals surface area contributed by atoms with Crippen molar-refractivity contribution in [2.45, 2.75) is 6.92 Å². The molecule has 0 aliphatic heterocycles. The fraction of sp³-hybridized carbons (Fsp3) is 0.214. The van der Waals surface area contributed by atoms with Crippen LogP contribution in [0.15, 0.2) is 24.3 Å². The van der Waals surface area contributed by atoms with E-state index in [1.54, 1.807) is 19.1 Å². The molecule has 0 saturated carbocycles. The zero-order valence-corrected chi connectivity index (χ0v) is 13.1. The van der Waals surface area contributed by atoms with Crippen molar-refractivity contribution in [1.82, 2.24) is 9.97 Å². The van der Waals surface area contributed by atoms with Crippen molar-refractivity contribution in [3.8, 4) is 11.3 Å². The van der Waals surface area contributed by atoms with Gasteiger partial charge in [-0.15, -0.1) is 0 Å². The summed E-state index contributed by atoms with van der Waals surface area (Å²) < 4.78 is 18.3. The van der Waals surface area contributed by atoms with E-state index in [9.17, 15) is 9.18 Å². The van der Waals surface area contributed by atoms with Crippen LogP contribution in [0, 0.1) is 5.82 Å². The van der Waals surface area contributed by atoms with Gasteiger partial charge in [-0.05, 0) is 30.7 Å². The molecule has 1 heterocycles. The first kappa shape index (κ1) is 16.5. The van der Waals surface area contributed by atoms with Gasteiger partial charge in [0, 0.05) is 11.6 Å². The van der Waals surface area contributed by atoms with Crippen LogP contribution in [0.4, 0.5) is 10.2 Å². The minimum Gasteiger partial charge on any atom is -0.465 e. The van der Waals surface area contributed by atoms with Gasteiger partial charge in [0.15, 0.2) is 0 Å². The molecule has 0 spiro atoms. The van der Waals surface area contributed by atoms with Gasteiger partial charge in [-0.1, -0.05) is 17.7 Å². The number of rotatable bonds is 5. The summed E-state index contributed by atoms with van der Waals surface area (Å²) in [6, 6.07) is 5.83. The van der Waals surface area contributed by atoms with Crippen molar-refractivity contribution in [1.29, 1.82) is 0 Å². The van der Waals surface area contributed by atoms with Gasteiger partial charge in [-0.25, -0.2) is 14.4 Å². The lowest BCUT2D eigenvalue weighted by Crippen LogP contribution is -2.17. The van der Waals surface area contributed by atoms with Gasteiger partial charge in [0.1, 0.15) is 18.2 Å². The maximum absolute atomic E-state index is 13.5. The van der Waals surface area contributed by atoms with Crippen LogP contribution in [-0.4, -0.2) is 29.1 Å². The van der Waals surface area contributed by atoms with Crippen LogP contribution in [0.25, 0.3) is 11.3 Å². The van der Waals surface area contributed by atoms with Crippen molar-refractivity contribution in [2.75, 3.05) is 18.5 Å². The number of halogens is 3. The SMILES string of the molecule is CCOC(=O)CNc1cc(-c2ccc(Cl)c(F)c2)nc(Cl)n1. The van der Waals surface area contributed by atoms with Crippen LogP contribution >= 0.6 is 23.2 Å². The molecular weight excluding hydrogens is 332 g/mol. The highest BCUT2D eigenvalue weighted by molar-refractivity contribution is 6.30. The molecule has 0 radical (unpaired) electrons. The topological polar surface area (TPSA) is 64.1 Å². The standard InChI is InChI=1S/C14H12Cl2FN3O2/c1-2-22-13(21)7-18-12-6-11(19-14(16)20-12)8-3-4-9(15)10(17)5-8/h3-6H,2,7H2,1H3,(H,18,19,20). The number of anilines is 1. The first-order valence-corrected chi connectivity index (χ1v) is 7.14. The summed E-state index contributed by atoms with van der Waals surface area (Å²) in [6.07, 6.45) is 0. The second-order valence-electron chi connectivity index (χ2n) is 4.19. The van der Waals surface area contributed by atoms with Crippen LogP contribution in [0.1, 0.15) is 6.92 Å². The average Bonchev–Trinajstić information content (AvgIpc) is 2.48. The molecule has 0 unspecified atom stereocenters. The molecule has 0 saturated heterocycles. The molecular formula is C14H12Cl2FN3O2. The Morgan fingerprint density at radius 3 is 2.77 bits per heavy atom. The summed E-state index contributed by atoms with van der Waals surface area (Å²) in [6.45, 7) is 1.95. The molecule has 1 aromatic carbocycles. The first-order chi connectivity index (χ1) is 10.5. The van der Waals surface area contributed by atoms with Crippen molar-refractivity contribution in [3.63, 3.8) is 0 Å². The molecule has 1 N–H and O–H groups in total. The molecule has 2 rings (SSSR count). The number of nitrogens with zero attached hydrogens (tertiary/aromatic N) is 2. The van der Waals surface area contributed by atoms with Crippen molar-refractivity contribution in [3.05, 3.63) is 40.4 Å². The second-order valence-corrected chi connectivity index (χ2v) is 4.94. The Morgan fingerprint density at radius 2 is 2.09 bits per heavy atom. The summed E-state index contributed by atoms with van der Waals surface area (Å²) >= 11 is 11.5.